The first kappa shape index (κ1) is 13.8. The van der Waals surface area contributed by atoms with Gasteiger partial charge in [-0.3, -0.25) is 4.57 Å². The summed E-state index contributed by atoms with van der Waals surface area (Å²) < 4.78 is 17.5. The third-order valence-corrected chi connectivity index (χ3v) is 3.04. The van der Waals surface area contributed by atoms with Crippen LogP contribution in [0.3, 0.4) is 0 Å². The third-order valence-electron chi connectivity index (χ3n) is 2.62. The maximum absolute atomic E-state index is 10.6. The smallest absolute Gasteiger partial charge is 0.240 e. The van der Waals surface area contributed by atoms with Gasteiger partial charge in [0.2, 0.25) is 14.0 Å². The SMILES string of the molecule is CC(Cc1ccc2c(N)nc(N)nn12)OC[PH](=O)O. The monoisotopic (exact) mass is 285 g/mol. The number of nitrogens with two attached hydrogens (primary N) is 2. The van der Waals surface area contributed by atoms with Gasteiger partial charge >= 0.3 is 0 Å². The predicted molar refractivity (Wildman–Crippen MR) is 72.2 cm³/mol. The van der Waals surface area contributed by atoms with Gasteiger partial charge in [-0.2, -0.15) is 4.98 Å². The van der Waals surface area contributed by atoms with Gasteiger partial charge in [0.25, 0.3) is 0 Å². The first-order valence-electron chi connectivity index (χ1n) is 5.70. The van der Waals surface area contributed by atoms with E-state index in [0.29, 0.717) is 17.8 Å². The fourth-order valence-electron chi connectivity index (χ4n) is 1.81. The molecule has 0 aliphatic heterocycles. The highest BCUT2D eigenvalue weighted by atomic mass is 31.1. The number of anilines is 2. The molecule has 0 aliphatic rings. The Labute approximate surface area is 110 Å². The molecule has 9 heteroatoms. The first-order valence-corrected chi connectivity index (χ1v) is 7.26. The average molecular weight is 285 g/mol. The second kappa shape index (κ2) is 5.56. The molecule has 2 aromatic heterocycles. The minimum absolute atomic E-state index is 0.0939. The van der Waals surface area contributed by atoms with Crippen LogP contribution in [0.1, 0.15) is 12.6 Å². The zero-order valence-corrected chi connectivity index (χ0v) is 11.4. The van der Waals surface area contributed by atoms with Gasteiger partial charge < -0.3 is 21.1 Å². The summed E-state index contributed by atoms with van der Waals surface area (Å²) in [7, 11) is -2.61. The largest absolute Gasteiger partial charge is 0.382 e. The quantitative estimate of drug-likeness (QED) is 0.672. The minimum Gasteiger partial charge on any atom is -0.382 e. The maximum atomic E-state index is 10.6. The summed E-state index contributed by atoms with van der Waals surface area (Å²) in [4.78, 5) is 12.6. The number of hydrogen-bond donors (Lipinski definition) is 3. The molecule has 104 valence electrons. The Balaban J connectivity index is 2.19. The molecule has 0 amide bonds. The number of hydrogen-bond acceptors (Lipinski definition) is 6. The van der Waals surface area contributed by atoms with E-state index in [4.69, 9.17) is 21.1 Å². The van der Waals surface area contributed by atoms with Gasteiger partial charge in [-0.05, 0) is 19.1 Å². The van der Waals surface area contributed by atoms with E-state index in [2.05, 4.69) is 10.1 Å². The predicted octanol–water partition coefficient (Wildman–Crippen LogP) is 0.266. The van der Waals surface area contributed by atoms with Crippen LogP contribution in [0.25, 0.3) is 5.52 Å². The zero-order chi connectivity index (χ0) is 14.0. The molecule has 2 aromatic rings. The van der Waals surface area contributed by atoms with Crippen molar-refractivity contribution in [2.75, 3.05) is 17.8 Å². The Morgan fingerprint density at radius 1 is 1.53 bits per heavy atom. The summed E-state index contributed by atoms with van der Waals surface area (Å²) in [5, 5.41) is 4.09. The lowest BCUT2D eigenvalue weighted by atomic mass is 10.2. The summed E-state index contributed by atoms with van der Waals surface area (Å²) >= 11 is 0. The molecular formula is C10H16N5O3P. The van der Waals surface area contributed by atoms with Crippen molar-refractivity contribution in [1.29, 1.82) is 0 Å². The second-order valence-corrected chi connectivity index (χ2v) is 5.27. The Kier molecular flexibility index (Phi) is 4.04. The van der Waals surface area contributed by atoms with Crippen LogP contribution in [-0.2, 0) is 15.7 Å². The van der Waals surface area contributed by atoms with Crippen molar-refractivity contribution >= 4 is 25.3 Å². The van der Waals surface area contributed by atoms with Crippen molar-refractivity contribution in [2.24, 2.45) is 0 Å². The van der Waals surface area contributed by atoms with Crippen LogP contribution in [0.4, 0.5) is 11.8 Å². The second-order valence-electron chi connectivity index (χ2n) is 4.20. The molecule has 2 atom stereocenters. The van der Waals surface area contributed by atoms with Gasteiger partial charge in [-0.25, -0.2) is 4.52 Å². The van der Waals surface area contributed by atoms with E-state index in [9.17, 15) is 4.57 Å². The highest BCUT2D eigenvalue weighted by Crippen LogP contribution is 2.18. The molecule has 0 aliphatic carbocycles. The van der Waals surface area contributed by atoms with Crippen LogP contribution in [0.2, 0.25) is 0 Å². The van der Waals surface area contributed by atoms with Gasteiger partial charge in [0.1, 0.15) is 11.9 Å². The normalized spacial score (nSPS) is 14.6. The standard InChI is InChI=1S/C10H16N5O3P/c1-6(18-5-19(16)17)4-7-2-3-8-9(11)13-10(12)14-15(7)8/h2-3,6,19H,4-5H2,1H3,(H,16,17)(H4,11,12,13,14). The van der Waals surface area contributed by atoms with Crippen LogP contribution in [0.15, 0.2) is 12.1 Å². The summed E-state index contributed by atoms with van der Waals surface area (Å²) in [5.41, 5.74) is 12.8. The van der Waals surface area contributed by atoms with E-state index < -0.39 is 8.03 Å². The molecule has 0 saturated carbocycles. The number of rotatable bonds is 5. The van der Waals surface area contributed by atoms with Crippen LogP contribution in [-0.4, -0.2) is 31.9 Å². The Bertz CT molecular complexity index is 614. The fourth-order valence-corrected chi connectivity index (χ4v) is 2.24. The van der Waals surface area contributed by atoms with E-state index in [1.165, 1.54) is 0 Å². The summed E-state index contributed by atoms with van der Waals surface area (Å²) in [6.45, 7) is 1.82. The Morgan fingerprint density at radius 3 is 2.95 bits per heavy atom. The van der Waals surface area contributed by atoms with Crippen LogP contribution < -0.4 is 11.5 Å². The average Bonchev–Trinajstić information content (AvgIpc) is 2.70. The number of nitrogens with zero attached hydrogens (tertiary/aromatic N) is 3. The molecular weight excluding hydrogens is 269 g/mol. The van der Waals surface area contributed by atoms with Gasteiger partial charge in [0.05, 0.1) is 6.10 Å². The highest BCUT2D eigenvalue weighted by molar-refractivity contribution is 7.37. The maximum Gasteiger partial charge on any atom is 0.240 e. The molecule has 2 rings (SSSR count). The lowest BCUT2D eigenvalue weighted by Crippen LogP contribution is -2.14. The molecule has 2 heterocycles. The summed E-state index contributed by atoms with van der Waals surface area (Å²) in [6.07, 6.45) is 0.171. The van der Waals surface area contributed by atoms with Crippen molar-refractivity contribution in [2.45, 2.75) is 19.4 Å². The molecule has 19 heavy (non-hydrogen) atoms. The van der Waals surface area contributed by atoms with Crippen LogP contribution in [0, 0.1) is 0 Å². The Morgan fingerprint density at radius 2 is 2.26 bits per heavy atom. The van der Waals surface area contributed by atoms with E-state index in [1.54, 1.807) is 10.6 Å². The number of aromatic nitrogens is 3. The van der Waals surface area contributed by atoms with Crippen molar-refractivity contribution in [1.82, 2.24) is 14.6 Å². The first-order chi connectivity index (χ1) is 8.97. The van der Waals surface area contributed by atoms with Crippen molar-refractivity contribution in [3.8, 4) is 0 Å². The summed E-state index contributed by atoms with van der Waals surface area (Å²) in [6, 6.07) is 3.65. The van der Waals surface area contributed by atoms with E-state index in [-0.39, 0.29) is 18.4 Å². The number of ether oxygens (including phenoxy) is 1. The molecule has 0 bridgehead atoms. The molecule has 8 nitrogen and oxygen atoms in total. The zero-order valence-electron chi connectivity index (χ0n) is 10.4. The highest BCUT2D eigenvalue weighted by Gasteiger charge is 2.12. The third kappa shape index (κ3) is 3.23. The molecule has 0 spiro atoms. The van der Waals surface area contributed by atoms with Crippen molar-refractivity contribution in [3.05, 3.63) is 17.8 Å². The van der Waals surface area contributed by atoms with Crippen molar-refractivity contribution < 1.29 is 14.2 Å². The summed E-state index contributed by atoms with van der Waals surface area (Å²) in [5.74, 6) is 0.407. The topological polar surface area (TPSA) is 129 Å². The molecule has 2 unspecified atom stereocenters. The van der Waals surface area contributed by atoms with E-state index in [1.807, 2.05) is 13.0 Å². The molecule has 5 N–H and O–H groups in total. The van der Waals surface area contributed by atoms with Gasteiger partial charge in [-0.15, -0.1) is 5.10 Å². The van der Waals surface area contributed by atoms with E-state index in [0.717, 1.165) is 5.69 Å². The molecule has 0 radical (unpaired) electrons. The number of nitrogen functional groups attached to an aromatic ring is 2. The van der Waals surface area contributed by atoms with Crippen LogP contribution in [0.5, 0.6) is 0 Å². The van der Waals surface area contributed by atoms with Gasteiger partial charge in [0.15, 0.2) is 5.82 Å². The van der Waals surface area contributed by atoms with E-state index >= 15 is 0 Å². The molecule has 0 fully saturated rings. The number of fused-ring (bicyclic) bond motifs is 1. The lowest BCUT2D eigenvalue weighted by Gasteiger charge is -2.11. The molecule has 0 aromatic carbocycles. The fraction of sp³-hybridized carbons (Fsp3) is 0.400. The van der Waals surface area contributed by atoms with Gasteiger partial charge in [0, 0.05) is 12.1 Å². The lowest BCUT2D eigenvalue weighted by molar-refractivity contribution is 0.0969. The minimum atomic E-state index is -2.61. The molecule has 0 saturated heterocycles. The van der Waals surface area contributed by atoms with Gasteiger partial charge in [-0.1, -0.05) is 0 Å². The van der Waals surface area contributed by atoms with Crippen molar-refractivity contribution in [3.63, 3.8) is 0 Å². The Hall–Kier alpha value is -1.63. The van der Waals surface area contributed by atoms with Crippen LogP contribution >= 0.6 is 8.03 Å².